The maximum Gasteiger partial charge on any atom is 0.323 e. The first-order chi connectivity index (χ1) is 10.4. The van der Waals surface area contributed by atoms with Crippen molar-refractivity contribution in [2.24, 2.45) is 5.73 Å². The standard InChI is InChI=1S/C15H15Cl2N3O2.2ClH/c1-9-4-10(2-3-19-9)5-12(18)15(21)22-8-11-6-13(16)20-14(17)7-11;;/h2-4,6-7,12H,5,8,18H2,1H3;2*1H/t12-;;/m0../s1. The number of aryl methyl sites for hydroxylation is 1. The highest BCUT2D eigenvalue weighted by atomic mass is 35.5. The molecule has 24 heavy (non-hydrogen) atoms. The van der Waals surface area contributed by atoms with Gasteiger partial charge in [-0.2, -0.15) is 0 Å². The van der Waals surface area contributed by atoms with Crippen molar-refractivity contribution in [3.63, 3.8) is 0 Å². The zero-order valence-electron chi connectivity index (χ0n) is 12.7. The Morgan fingerprint density at radius 1 is 1.21 bits per heavy atom. The van der Waals surface area contributed by atoms with Crippen molar-refractivity contribution >= 4 is 54.0 Å². The molecular weight excluding hydrogens is 396 g/mol. The lowest BCUT2D eigenvalue weighted by Gasteiger charge is -2.12. The van der Waals surface area contributed by atoms with Crippen molar-refractivity contribution < 1.29 is 9.53 Å². The van der Waals surface area contributed by atoms with Gasteiger partial charge in [0.25, 0.3) is 0 Å². The minimum Gasteiger partial charge on any atom is -0.460 e. The van der Waals surface area contributed by atoms with E-state index in [-0.39, 0.29) is 41.7 Å². The first kappa shape index (κ1) is 22.9. The molecule has 0 fully saturated rings. The third-order valence-electron chi connectivity index (χ3n) is 2.92. The lowest BCUT2D eigenvalue weighted by molar-refractivity contribution is -0.146. The van der Waals surface area contributed by atoms with E-state index in [1.165, 1.54) is 0 Å². The van der Waals surface area contributed by atoms with E-state index in [0.717, 1.165) is 11.3 Å². The quantitative estimate of drug-likeness (QED) is 0.600. The summed E-state index contributed by atoms with van der Waals surface area (Å²) in [6, 6.07) is 6.13. The van der Waals surface area contributed by atoms with E-state index in [9.17, 15) is 4.79 Å². The second-order valence-electron chi connectivity index (χ2n) is 4.84. The van der Waals surface area contributed by atoms with Gasteiger partial charge in [0.2, 0.25) is 0 Å². The lowest BCUT2D eigenvalue weighted by Crippen LogP contribution is -2.34. The molecule has 1 atom stereocenters. The van der Waals surface area contributed by atoms with Crippen LogP contribution in [0.5, 0.6) is 0 Å². The largest absolute Gasteiger partial charge is 0.460 e. The molecular formula is C15H17Cl4N3O2. The minimum atomic E-state index is -0.741. The minimum absolute atomic E-state index is 0. The fourth-order valence-electron chi connectivity index (χ4n) is 1.93. The van der Waals surface area contributed by atoms with E-state index >= 15 is 0 Å². The maximum atomic E-state index is 11.9. The molecule has 0 saturated carbocycles. The number of hydrogen-bond donors (Lipinski definition) is 1. The maximum absolute atomic E-state index is 11.9. The summed E-state index contributed by atoms with van der Waals surface area (Å²) in [4.78, 5) is 19.8. The average Bonchev–Trinajstić information content (AvgIpc) is 2.43. The van der Waals surface area contributed by atoms with Crippen LogP contribution in [-0.4, -0.2) is 22.0 Å². The zero-order chi connectivity index (χ0) is 16.1. The van der Waals surface area contributed by atoms with Gasteiger partial charge in [0.05, 0.1) is 0 Å². The molecule has 0 amide bonds. The Bertz CT molecular complexity index is 665. The van der Waals surface area contributed by atoms with Gasteiger partial charge in [-0.15, -0.1) is 24.8 Å². The van der Waals surface area contributed by atoms with Crippen molar-refractivity contribution in [3.05, 3.63) is 57.6 Å². The van der Waals surface area contributed by atoms with Gasteiger partial charge in [-0.05, 0) is 48.7 Å². The molecule has 0 aromatic carbocycles. The first-order valence-electron chi connectivity index (χ1n) is 6.60. The van der Waals surface area contributed by atoms with Gasteiger partial charge >= 0.3 is 5.97 Å². The Hall–Kier alpha value is -1.11. The van der Waals surface area contributed by atoms with Gasteiger partial charge in [0, 0.05) is 11.9 Å². The molecule has 132 valence electrons. The van der Waals surface area contributed by atoms with E-state index in [2.05, 4.69) is 9.97 Å². The van der Waals surface area contributed by atoms with Gasteiger partial charge in [-0.1, -0.05) is 23.2 Å². The zero-order valence-corrected chi connectivity index (χ0v) is 15.9. The van der Waals surface area contributed by atoms with Crippen LogP contribution in [0.4, 0.5) is 0 Å². The summed E-state index contributed by atoms with van der Waals surface area (Å²) in [5.41, 5.74) is 8.33. The Labute approximate surface area is 162 Å². The van der Waals surface area contributed by atoms with Crippen LogP contribution in [0.15, 0.2) is 30.5 Å². The van der Waals surface area contributed by atoms with Crippen molar-refractivity contribution in [1.29, 1.82) is 0 Å². The molecule has 0 radical (unpaired) electrons. The number of carbonyl (C=O) groups excluding carboxylic acids is 1. The number of ether oxygens (including phenoxy) is 1. The summed E-state index contributed by atoms with van der Waals surface area (Å²) >= 11 is 11.6. The van der Waals surface area contributed by atoms with Crippen molar-refractivity contribution in [1.82, 2.24) is 9.97 Å². The third kappa shape index (κ3) is 7.20. The molecule has 2 heterocycles. The van der Waals surface area contributed by atoms with Crippen LogP contribution in [0.25, 0.3) is 0 Å². The molecule has 2 aromatic heterocycles. The highest BCUT2D eigenvalue weighted by molar-refractivity contribution is 6.32. The predicted molar refractivity (Wildman–Crippen MR) is 99.2 cm³/mol. The van der Waals surface area contributed by atoms with Crippen LogP contribution >= 0.6 is 48.0 Å². The first-order valence-corrected chi connectivity index (χ1v) is 7.35. The number of aromatic nitrogens is 2. The van der Waals surface area contributed by atoms with E-state index in [1.807, 2.05) is 19.1 Å². The summed E-state index contributed by atoms with van der Waals surface area (Å²) < 4.78 is 5.18. The van der Waals surface area contributed by atoms with Gasteiger partial charge in [0.1, 0.15) is 23.0 Å². The van der Waals surface area contributed by atoms with Gasteiger partial charge in [-0.3, -0.25) is 9.78 Å². The fourth-order valence-corrected chi connectivity index (χ4v) is 2.43. The van der Waals surface area contributed by atoms with Crippen molar-refractivity contribution in [3.8, 4) is 0 Å². The van der Waals surface area contributed by atoms with Gasteiger partial charge in [-0.25, -0.2) is 4.98 Å². The molecule has 0 aliphatic rings. The molecule has 5 nitrogen and oxygen atoms in total. The number of nitrogens with two attached hydrogens (primary N) is 1. The smallest absolute Gasteiger partial charge is 0.323 e. The van der Waals surface area contributed by atoms with E-state index < -0.39 is 12.0 Å². The number of rotatable bonds is 5. The number of halogens is 4. The predicted octanol–water partition coefficient (Wildman–Crippen LogP) is 3.55. The van der Waals surface area contributed by atoms with E-state index in [0.29, 0.717) is 12.0 Å². The van der Waals surface area contributed by atoms with Crippen LogP contribution in [-0.2, 0) is 22.6 Å². The number of hydrogen-bond acceptors (Lipinski definition) is 5. The Kier molecular flexibility index (Phi) is 10.2. The highest BCUT2D eigenvalue weighted by Gasteiger charge is 2.16. The summed E-state index contributed by atoms with van der Waals surface area (Å²) in [6.07, 6.45) is 2.07. The van der Waals surface area contributed by atoms with Crippen LogP contribution in [0.2, 0.25) is 10.3 Å². The van der Waals surface area contributed by atoms with Crippen LogP contribution in [0.1, 0.15) is 16.8 Å². The average molecular weight is 413 g/mol. The molecule has 0 aliphatic heterocycles. The molecule has 9 heteroatoms. The summed E-state index contributed by atoms with van der Waals surface area (Å²) in [7, 11) is 0. The topological polar surface area (TPSA) is 78.1 Å². The Balaban J connectivity index is 0.00000264. The SMILES string of the molecule is Cc1cc(C[C@H](N)C(=O)OCc2cc(Cl)nc(Cl)c2)ccn1.Cl.Cl. The highest BCUT2D eigenvalue weighted by Crippen LogP contribution is 2.15. The van der Waals surface area contributed by atoms with Gasteiger partial charge in [0.15, 0.2) is 0 Å². The normalized spacial score (nSPS) is 11.0. The molecule has 0 bridgehead atoms. The number of nitrogens with zero attached hydrogens (tertiary/aromatic N) is 2. The summed E-state index contributed by atoms with van der Waals surface area (Å²) in [5.74, 6) is -0.487. The molecule has 0 saturated heterocycles. The van der Waals surface area contributed by atoms with E-state index in [1.54, 1.807) is 18.3 Å². The molecule has 0 unspecified atom stereocenters. The van der Waals surface area contributed by atoms with E-state index in [4.69, 9.17) is 33.7 Å². The van der Waals surface area contributed by atoms with Crippen molar-refractivity contribution in [2.45, 2.75) is 26.0 Å². The monoisotopic (exact) mass is 411 g/mol. The van der Waals surface area contributed by atoms with Gasteiger partial charge < -0.3 is 10.5 Å². The summed E-state index contributed by atoms with van der Waals surface area (Å²) in [6.45, 7) is 1.92. The third-order valence-corrected chi connectivity index (χ3v) is 3.31. The molecule has 0 aliphatic carbocycles. The Morgan fingerprint density at radius 2 is 1.83 bits per heavy atom. The number of esters is 1. The Morgan fingerprint density at radius 3 is 2.42 bits per heavy atom. The molecule has 2 rings (SSSR count). The number of pyridine rings is 2. The molecule has 2 aromatic rings. The second-order valence-corrected chi connectivity index (χ2v) is 5.62. The molecule has 0 spiro atoms. The summed E-state index contributed by atoms with van der Waals surface area (Å²) in [5, 5.41) is 0.491. The number of carbonyl (C=O) groups is 1. The van der Waals surface area contributed by atoms with Crippen molar-refractivity contribution in [2.75, 3.05) is 0 Å². The van der Waals surface area contributed by atoms with Crippen LogP contribution < -0.4 is 5.73 Å². The lowest BCUT2D eigenvalue weighted by atomic mass is 10.1. The van der Waals surface area contributed by atoms with Crippen LogP contribution in [0.3, 0.4) is 0 Å². The van der Waals surface area contributed by atoms with Crippen LogP contribution in [0, 0.1) is 6.92 Å². The fraction of sp³-hybridized carbons (Fsp3) is 0.267. The molecule has 2 N–H and O–H groups in total. The second kappa shape index (κ2) is 10.7.